The van der Waals surface area contributed by atoms with Gasteiger partial charge in [0.1, 0.15) is 0 Å². The highest BCUT2D eigenvalue weighted by Gasteiger charge is 2.36. The zero-order chi connectivity index (χ0) is 17.0. The predicted molar refractivity (Wildman–Crippen MR) is 96.6 cm³/mol. The van der Waals surface area contributed by atoms with Gasteiger partial charge in [0.25, 0.3) is 11.8 Å². The van der Waals surface area contributed by atoms with Crippen LogP contribution in [0.5, 0.6) is 0 Å². The highest BCUT2D eigenvalue weighted by atomic mass is 35.5. The molecule has 0 radical (unpaired) electrons. The summed E-state index contributed by atoms with van der Waals surface area (Å²) < 4.78 is 0. The van der Waals surface area contributed by atoms with Crippen molar-refractivity contribution in [3.63, 3.8) is 0 Å². The summed E-state index contributed by atoms with van der Waals surface area (Å²) in [6.07, 6.45) is 0. The fourth-order valence-corrected chi connectivity index (χ4v) is 3.97. The van der Waals surface area contributed by atoms with Crippen LogP contribution in [0.15, 0.2) is 48.5 Å². The maximum Gasteiger partial charge on any atom is 0.266 e. The molecule has 3 aromatic carbocycles. The summed E-state index contributed by atoms with van der Waals surface area (Å²) in [5.74, 6) is -0.925. The second kappa shape index (κ2) is 5.49. The van der Waals surface area contributed by atoms with Gasteiger partial charge in [-0.25, -0.2) is 4.90 Å². The van der Waals surface area contributed by atoms with E-state index in [0.29, 0.717) is 21.5 Å². The molecule has 4 rings (SSSR count). The van der Waals surface area contributed by atoms with Crippen LogP contribution in [0.2, 0.25) is 15.1 Å². The minimum Gasteiger partial charge on any atom is -0.268 e. The van der Waals surface area contributed by atoms with Crippen LogP contribution in [-0.4, -0.2) is 11.8 Å². The van der Waals surface area contributed by atoms with Crippen LogP contribution < -0.4 is 4.90 Å². The Hall–Kier alpha value is -2.07. The lowest BCUT2D eigenvalue weighted by atomic mass is 9.94. The van der Waals surface area contributed by atoms with E-state index in [0.717, 1.165) is 10.3 Å². The van der Waals surface area contributed by atoms with Crippen molar-refractivity contribution in [1.29, 1.82) is 0 Å². The van der Waals surface area contributed by atoms with Crippen molar-refractivity contribution in [3.8, 4) is 0 Å². The number of nitrogens with zero attached hydrogens (tertiary/aromatic N) is 1. The first-order chi connectivity index (χ1) is 11.5. The minimum atomic E-state index is -0.463. The summed E-state index contributed by atoms with van der Waals surface area (Å²) in [4.78, 5) is 26.9. The molecule has 24 heavy (non-hydrogen) atoms. The van der Waals surface area contributed by atoms with Crippen molar-refractivity contribution in [3.05, 3.63) is 74.7 Å². The molecular weight excluding hydrogens is 369 g/mol. The molecule has 1 aliphatic rings. The average molecular weight is 377 g/mol. The van der Waals surface area contributed by atoms with Crippen LogP contribution in [0, 0.1) is 0 Å². The van der Waals surface area contributed by atoms with E-state index in [2.05, 4.69) is 0 Å². The van der Waals surface area contributed by atoms with E-state index in [9.17, 15) is 9.59 Å². The van der Waals surface area contributed by atoms with Crippen LogP contribution in [-0.2, 0) is 0 Å². The topological polar surface area (TPSA) is 37.4 Å². The Morgan fingerprint density at radius 3 is 1.75 bits per heavy atom. The second-order valence-corrected chi connectivity index (χ2v) is 6.62. The van der Waals surface area contributed by atoms with Crippen molar-refractivity contribution in [1.82, 2.24) is 0 Å². The highest BCUT2D eigenvalue weighted by Crippen LogP contribution is 2.41. The first kappa shape index (κ1) is 15.5. The van der Waals surface area contributed by atoms with Gasteiger partial charge in [-0.1, -0.05) is 59.1 Å². The Balaban J connectivity index is 2.02. The van der Waals surface area contributed by atoms with E-state index in [1.54, 1.807) is 24.3 Å². The Morgan fingerprint density at radius 1 is 0.750 bits per heavy atom. The number of imide groups is 1. The molecule has 0 bridgehead atoms. The normalized spacial score (nSPS) is 13.7. The smallest absolute Gasteiger partial charge is 0.266 e. The molecule has 0 N–H and O–H groups in total. The molecule has 0 fully saturated rings. The third kappa shape index (κ3) is 2.13. The van der Waals surface area contributed by atoms with Crippen LogP contribution in [0.25, 0.3) is 10.8 Å². The number of carbonyl (C=O) groups excluding carboxylic acids is 2. The summed E-state index contributed by atoms with van der Waals surface area (Å²) in [6.45, 7) is 0. The standard InChI is InChI=1S/C18H8Cl3NO2/c19-10-7-13(20)16(14(21)8-10)22-17(23)11-5-1-3-9-4-2-6-12(15(9)11)18(22)24/h1-8H. The van der Waals surface area contributed by atoms with Gasteiger partial charge >= 0.3 is 0 Å². The van der Waals surface area contributed by atoms with E-state index in [-0.39, 0.29) is 15.7 Å². The number of carbonyl (C=O) groups is 2. The van der Waals surface area contributed by atoms with Gasteiger partial charge in [-0.2, -0.15) is 0 Å². The van der Waals surface area contributed by atoms with Crippen molar-refractivity contribution in [2.24, 2.45) is 0 Å². The number of halogens is 3. The molecule has 0 aliphatic carbocycles. The lowest BCUT2D eigenvalue weighted by molar-refractivity contribution is 0.0893. The molecule has 3 nitrogen and oxygen atoms in total. The molecule has 0 aromatic heterocycles. The molecule has 1 heterocycles. The van der Waals surface area contributed by atoms with E-state index in [1.807, 2.05) is 12.1 Å². The number of hydrogen-bond acceptors (Lipinski definition) is 2. The van der Waals surface area contributed by atoms with Crippen LogP contribution in [0.3, 0.4) is 0 Å². The van der Waals surface area contributed by atoms with Gasteiger partial charge in [-0.05, 0) is 29.7 Å². The summed E-state index contributed by atoms with van der Waals surface area (Å²) in [6, 6.07) is 13.5. The minimum absolute atomic E-state index is 0.140. The van der Waals surface area contributed by atoms with Crippen molar-refractivity contribution in [2.75, 3.05) is 4.90 Å². The molecule has 0 saturated carbocycles. The summed E-state index contributed by atoms with van der Waals surface area (Å²) >= 11 is 18.4. The van der Waals surface area contributed by atoms with E-state index >= 15 is 0 Å². The first-order valence-electron chi connectivity index (χ1n) is 7.04. The average Bonchev–Trinajstić information content (AvgIpc) is 2.54. The van der Waals surface area contributed by atoms with E-state index in [4.69, 9.17) is 34.8 Å². The molecular formula is C18H8Cl3NO2. The summed E-state index contributed by atoms with van der Waals surface area (Å²) in [5, 5.41) is 2.08. The number of rotatable bonds is 1. The van der Waals surface area contributed by atoms with Crippen molar-refractivity contribution < 1.29 is 9.59 Å². The van der Waals surface area contributed by atoms with Gasteiger partial charge in [0.2, 0.25) is 0 Å². The molecule has 0 spiro atoms. The van der Waals surface area contributed by atoms with Gasteiger partial charge in [-0.15, -0.1) is 0 Å². The Morgan fingerprint density at radius 2 is 1.25 bits per heavy atom. The van der Waals surface area contributed by atoms with Crippen molar-refractivity contribution in [2.45, 2.75) is 0 Å². The lowest BCUT2D eigenvalue weighted by Gasteiger charge is -2.28. The second-order valence-electron chi connectivity index (χ2n) is 5.37. The monoisotopic (exact) mass is 375 g/mol. The zero-order valence-corrected chi connectivity index (χ0v) is 14.3. The van der Waals surface area contributed by atoms with Crippen LogP contribution >= 0.6 is 34.8 Å². The van der Waals surface area contributed by atoms with Gasteiger partial charge in [0, 0.05) is 21.5 Å². The number of amides is 2. The van der Waals surface area contributed by atoms with Gasteiger partial charge in [0.15, 0.2) is 0 Å². The summed E-state index contributed by atoms with van der Waals surface area (Å²) in [7, 11) is 0. The Labute approximate surface area is 152 Å². The number of hydrogen-bond donors (Lipinski definition) is 0. The predicted octanol–water partition coefficient (Wildman–Crippen LogP) is 5.60. The molecule has 1 aliphatic heterocycles. The Kier molecular flexibility index (Phi) is 3.53. The zero-order valence-electron chi connectivity index (χ0n) is 12.0. The largest absolute Gasteiger partial charge is 0.268 e. The molecule has 118 valence electrons. The van der Waals surface area contributed by atoms with Crippen molar-refractivity contribution >= 4 is 63.1 Å². The third-order valence-electron chi connectivity index (χ3n) is 3.98. The molecule has 0 unspecified atom stereocenters. The van der Waals surface area contributed by atoms with Crippen LogP contribution in [0.4, 0.5) is 5.69 Å². The quantitative estimate of drug-likeness (QED) is 0.518. The van der Waals surface area contributed by atoms with Gasteiger partial charge in [-0.3, -0.25) is 9.59 Å². The van der Waals surface area contributed by atoms with E-state index < -0.39 is 11.8 Å². The number of benzene rings is 3. The van der Waals surface area contributed by atoms with Gasteiger partial charge < -0.3 is 0 Å². The maximum atomic E-state index is 13.0. The fourth-order valence-electron chi connectivity index (χ4n) is 2.98. The molecule has 0 atom stereocenters. The third-order valence-corrected chi connectivity index (χ3v) is 4.77. The molecule has 2 amide bonds. The molecule has 3 aromatic rings. The van der Waals surface area contributed by atoms with Crippen LogP contribution in [0.1, 0.15) is 20.7 Å². The molecule has 6 heteroatoms. The fraction of sp³-hybridized carbons (Fsp3) is 0. The first-order valence-corrected chi connectivity index (χ1v) is 8.17. The van der Waals surface area contributed by atoms with Gasteiger partial charge in [0.05, 0.1) is 15.7 Å². The lowest BCUT2D eigenvalue weighted by Crippen LogP contribution is -2.40. The van der Waals surface area contributed by atoms with E-state index in [1.165, 1.54) is 12.1 Å². The number of anilines is 1. The highest BCUT2D eigenvalue weighted by molar-refractivity contribution is 6.46. The molecule has 0 saturated heterocycles. The maximum absolute atomic E-state index is 13.0. The summed E-state index contributed by atoms with van der Waals surface area (Å²) in [5.41, 5.74) is 1.01. The SMILES string of the molecule is O=C1c2cccc3cccc(c23)C(=O)N1c1c(Cl)cc(Cl)cc1Cl. The Bertz CT molecular complexity index is 972.